The monoisotopic (exact) mass is 323 g/mol. The van der Waals surface area contributed by atoms with Gasteiger partial charge in [0.15, 0.2) is 0 Å². The predicted octanol–water partition coefficient (Wildman–Crippen LogP) is 4.19. The van der Waals surface area contributed by atoms with E-state index in [1.54, 1.807) is 12.1 Å². The van der Waals surface area contributed by atoms with Gasteiger partial charge in [-0.3, -0.25) is 0 Å². The Morgan fingerprint density at radius 2 is 1.89 bits per heavy atom. The zero-order valence-electron chi connectivity index (χ0n) is 10.6. The summed E-state index contributed by atoms with van der Waals surface area (Å²) in [6.07, 6.45) is 0. The molecule has 0 amide bonds. The zero-order valence-corrected chi connectivity index (χ0v) is 12.2. The molecule has 19 heavy (non-hydrogen) atoms. The lowest BCUT2D eigenvalue weighted by Crippen LogP contribution is -2.04. The molecule has 4 heteroatoms. The number of nitrogens with two attached hydrogens (primary N) is 1. The van der Waals surface area contributed by atoms with Crippen LogP contribution >= 0.6 is 15.9 Å². The molecule has 0 aromatic heterocycles. The Kier molecular flexibility index (Phi) is 4.56. The van der Waals surface area contributed by atoms with Gasteiger partial charge in [0.25, 0.3) is 0 Å². The molecule has 2 nitrogen and oxygen atoms in total. The van der Waals surface area contributed by atoms with Crippen molar-refractivity contribution in [1.29, 1.82) is 0 Å². The molecule has 0 radical (unpaired) electrons. The van der Waals surface area contributed by atoms with Crippen molar-refractivity contribution < 1.29 is 9.13 Å². The van der Waals surface area contributed by atoms with Gasteiger partial charge in [-0.1, -0.05) is 34.1 Å². The third-order valence-corrected chi connectivity index (χ3v) is 3.31. The molecule has 0 heterocycles. The highest BCUT2D eigenvalue weighted by molar-refractivity contribution is 9.10. The Bertz CT molecular complexity index is 555. The average Bonchev–Trinajstić information content (AvgIpc) is 2.38. The zero-order chi connectivity index (χ0) is 13.8. The van der Waals surface area contributed by atoms with Crippen LogP contribution in [0.3, 0.4) is 0 Å². The lowest BCUT2D eigenvalue weighted by molar-refractivity contribution is 0.299. The molecule has 0 saturated heterocycles. The van der Waals surface area contributed by atoms with E-state index >= 15 is 0 Å². The Hall–Kier alpha value is -1.39. The highest BCUT2D eigenvalue weighted by atomic mass is 79.9. The van der Waals surface area contributed by atoms with Gasteiger partial charge in [-0.2, -0.15) is 0 Å². The molecule has 2 rings (SSSR count). The van der Waals surface area contributed by atoms with E-state index in [1.807, 2.05) is 31.2 Å². The van der Waals surface area contributed by atoms with E-state index in [-0.39, 0.29) is 18.5 Å². The molecule has 2 aromatic carbocycles. The molecule has 0 aliphatic heterocycles. The van der Waals surface area contributed by atoms with Crippen molar-refractivity contribution in [3.05, 3.63) is 63.9 Å². The molecule has 2 N–H and O–H groups in total. The van der Waals surface area contributed by atoms with Crippen LogP contribution < -0.4 is 10.5 Å². The topological polar surface area (TPSA) is 35.2 Å². The van der Waals surface area contributed by atoms with Crippen LogP contribution in [-0.4, -0.2) is 0 Å². The molecule has 0 fully saturated rings. The van der Waals surface area contributed by atoms with Crippen molar-refractivity contribution in [2.45, 2.75) is 19.6 Å². The fourth-order valence-corrected chi connectivity index (χ4v) is 2.00. The normalized spacial score (nSPS) is 12.2. The van der Waals surface area contributed by atoms with E-state index in [9.17, 15) is 4.39 Å². The summed E-state index contributed by atoms with van der Waals surface area (Å²) in [7, 11) is 0. The van der Waals surface area contributed by atoms with Gasteiger partial charge in [0.1, 0.15) is 18.2 Å². The third kappa shape index (κ3) is 3.78. The Balaban J connectivity index is 2.02. The van der Waals surface area contributed by atoms with Crippen LogP contribution in [0, 0.1) is 5.82 Å². The van der Waals surface area contributed by atoms with Gasteiger partial charge in [-0.05, 0) is 36.8 Å². The minimum Gasteiger partial charge on any atom is -0.489 e. The second-order valence-corrected chi connectivity index (χ2v) is 5.30. The first-order valence-electron chi connectivity index (χ1n) is 5.98. The SMILES string of the molecule is CC(N)c1ccc(OCc2ccc(Br)cc2F)cc1. The molecule has 0 spiro atoms. The number of halogens is 2. The fraction of sp³-hybridized carbons (Fsp3) is 0.200. The van der Waals surface area contributed by atoms with Crippen molar-refractivity contribution >= 4 is 15.9 Å². The maximum atomic E-state index is 13.6. The smallest absolute Gasteiger partial charge is 0.130 e. The molecular formula is C15H15BrFNO. The summed E-state index contributed by atoms with van der Waals surface area (Å²) in [6.45, 7) is 2.13. The van der Waals surface area contributed by atoms with E-state index in [2.05, 4.69) is 15.9 Å². The molecule has 100 valence electrons. The van der Waals surface area contributed by atoms with E-state index < -0.39 is 0 Å². The van der Waals surface area contributed by atoms with E-state index in [0.29, 0.717) is 11.3 Å². The predicted molar refractivity (Wildman–Crippen MR) is 77.5 cm³/mol. The molecule has 0 saturated carbocycles. The number of hydrogen-bond acceptors (Lipinski definition) is 2. The molecule has 0 aliphatic rings. The molecule has 1 atom stereocenters. The summed E-state index contributed by atoms with van der Waals surface area (Å²) >= 11 is 3.22. The number of rotatable bonds is 4. The summed E-state index contributed by atoms with van der Waals surface area (Å²) in [5.74, 6) is 0.424. The minimum absolute atomic E-state index is 0.00188. The maximum absolute atomic E-state index is 13.6. The van der Waals surface area contributed by atoms with Gasteiger partial charge in [-0.25, -0.2) is 4.39 Å². The highest BCUT2D eigenvalue weighted by Gasteiger charge is 2.04. The van der Waals surface area contributed by atoms with Gasteiger partial charge in [-0.15, -0.1) is 0 Å². The minimum atomic E-state index is -0.276. The second-order valence-electron chi connectivity index (χ2n) is 4.38. The van der Waals surface area contributed by atoms with E-state index in [0.717, 1.165) is 10.0 Å². The van der Waals surface area contributed by atoms with Gasteiger partial charge < -0.3 is 10.5 Å². The maximum Gasteiger partial charge on any atom is 0.130 e. The first-order chi connectivity index (χ1) is 9.06. The van der Waals surface area contributed by atoms with Crippen molar-refractivity contribution in [3.63, 3.8) is 0 Å². The number of ether oxygens (including phenoxy) is 1. The van der Waals surface area contributed by atoms with Gasteiger partial charge in [0.2, 0.25) is 0 Å². The second kappa shape index (κ2) is 6.17. The quantitative estimate of drug-likeness (QED) is 0.915. The number of hydrogen-bond donors (Lipinski definition) is 1. The molecule has 0 aliphatic carbocycles. The summed E-state index contributed by atoms with van der Waals surface area (Å²) in [4.78, 5) is 0. The van der Waals surface area contributed by atoms with E-state index in [4.69, 9.17) is 10.5 Å². The summed E-state index contributed by atoms with van der Waals surface area (Å²) < 4.78 is 19.9. The Morgan fingerprint density at radius 1 is 1.21 bits per heavy atom. The first kappa shape index (κ1) is 14.0. The molecular weight excluding hydrogens is 309 g/mol. The number of benzene rings is 2. The third-order valence-electron chi connectivity index (χ3n) is 2.82. The standard InChI is InChI=1S/C15H15BrFNO/c1-10(18)11-3-6-14(7-4-11)19-9-12-2-5-13(16)8-15(12)17/h2-8,10H,9,18H2,1H3. The van der Waals surface area contributed by atoms with Crippen molar-refractivity contribution in [2.24, 2.45) is 5.73 Å². The van der Waals surface area contributed by atoms with Gasteiger partial charge >= 0.3 is 0 Å². The fourth-order valence-electron chi connectivity index (χ4n) is 1.67. The highest BCUT2D eigenvalue weighted by Crippen LogP contribution is 2.19. The van der Waals surface area contributed by atoms with Gasteiger partial charge in [0, 0.05) is 16.1 Å². The Morgan fingerprint density at radius 3 is 2.47 bits per heavy atom. The molecule has 1 unspecified atom stereocenters. The molecule has 2 aromatic rings. The van der Waals surface area contributed by atoms with Crippen molar-refractivity contribution in [3.8, 4) is 5.75 Å². The lowest BCUT2D eigenvalue weighted by atomic mass is 10.1. The van der Waals surface area contributed by atoms with E-state index in [1.165, 1.54) is 6.07 Å². The lowest BCUT2D eigenvalue weighted by Gasteiger charge is -2.09. The Labute approximate surface area is 120 Å². The van der Waals surface area contributed by atoms with Crippen molar-refractivity contribution in [1.82, 2.24) is 0 Å². The van der Waals surface area contributed by atoms with Crippen LogP contribution in [0.25, 0.3) is 0 Å². The van der Waals surface area contributed by atoms with Gasteiger partial charge in [0.05, 0.1) is 0 Å². The summed E-state index contributed by atoms with van der Waals surface area (Å²) in [6, 6.07) is 12.4. The van der Waals surface area contributed by atoms with Crippen LogP contribution in [0.15, 0.2) is 46.9 Å². The van der Waals surface area contributed by atoms with Crippen LogP contribution in [-0.2, 0) is 6.61 Å². The van der Waals surface area contributed by atoms with Crippen molar-refractivity contribution in [2.75, 3.05) is 0 Å². The summed E-state index contributed by atoms with van der Waals surface area (Å²) in [5.41, 5.74) is 7.34. The average molecular weight is 324 g/mol. The van der Waals surface area contributed by atoms with Crippen LogP contribution in [0.4, 0.5) is 4.39 Å². The van der Waals surface area contributed by atoms with Crippen LogP contribution in [0.5, 0.6) is 5.75 Å². The molecule has 0 bridgehead atoms. The first-order valence-corrected chi connectivity index (χ1v) is 6.78. The summed E-state index contributed by atoms with van der Waals surface area (Å²) in [5, 5.41) is 0. The van der Waals surface area contributed by atoms with Crippen LogP contribution in [0.2, 0.25) is 0 Å². The largest absolute Gasteiger partial charge is 0.489 e. The van der Waals surface area contributed by atoms with Crippen LogP contribution in [0.1, 0.15) is 24.1 Å².